The van der Waals surface area contributed by atoms with E-state index in [0.717, 1.165) is 29.5 Å². The van der Waals surface area contributed by atoms with Gasteiger partial charge in [-0.05, 0) is 36.1 Å². The molecule has 1 atom stereocenters. The molecule has 0 heterocycles. The molecular formula is C22H24N2O3. The number of amides is 2. The van der Waals surface area contributed by atoms with Crippen LogP contribution in [0.3, 0.4) is 0 Å². The summed E-state index contributed by atoms with van der Waals surface area (Å²) in [5.74, 6) is -0.133. The van der Waals surface area contributed by atoms with E-state index < -0.39 is 0 Å². The van der Waals surface area contributed by atoms with Gasteiger partial charge < -0.3 is 10.6 Å². The second kappa shape index (κ2) is 8.16. The van der Waals surface area contributed by atoms with Crippen LogP contribution in [0.15, 0.2) is 48.5 Å². The first-order valence-electron chi connectivity index (χ1n) is 9.24. The van der Waals surface area contributed by atoms with Gasteiger partial charge in [0.25, 0.3) is 5.91 Å². The van der Waals surface area contributed by atoms with Crippen LogP contribution in [0.1, 0.15) is 40.5 Å². The van der Waals surface area contributed by atoms with Crippen LogP contribution in [0.25, 0.3) is 11.1 Å². The van der Waals surface area contributed by atoms with Gasteiger partial charge in [0, 0.05) is 30.6 Å². The molecule has 0 bridgehead atoms. The van der Waals surface area contributed by atoms with Gasteiger partial charge in [-0.2, -0.15) is 0 Å². The standard InChI is InChI=1S/C22H24N2O3/c1-14(21(26)23-2)13-24-22(27)19-11-5-16(6-12-19)15-3-7-17(8-4-15)20(25)18-9-10-18/h3-8,11-12,14,18H,9-10,13H2,1-2H3,(H,23,26)(H,24,27)/t14-/m0/s1. The minimum absolute atomic E-state index is 0.103. The lowest BCUT2D eigenvalue weighted by Crippen LogP contribution is -2.35. The summed E-state index contributed by atoms with van der Waals surface area (Å²) in [6, 6.07) is 14.9. The molecule has 2 amide bonds. The van der Waals surface area contributed by atoms with Crippen molar-refractivity contribution in [2.24, 2.45) is 11.8 Å². The van der Waals surface area contributed by atoms with Crippen LogP contribution in [0.4, 0.5) is 0 Å². The quantitative estimate of drug-likeness (QED) is 0.742. The normalized spacial score (nSPS) is 14.3. The summed E-state index contributed by atoms with van der Waals surface area (Å²) in [7, 11) is 1.58. The fraction of sp³-hybridized carbons (Fsp3) is 0.318. The SMILES string of the molecule is CNC(=O)[C@@H](C)CNC(=O)c1ccc(-c2ccc(C(=O)C3CC3)cc2)cc1. The molecule has 140 valence electrons. The molecule has 0 saturated heterocycles. The largest absolute Gasteiger partial charge is 0.359 e. The van der Waals surface area contributed by atoms with Crippen molar-refractivity contribution in [3.05, 3.63) is 59.7 Å². The predicted octanol–water partition coefficient (Wildman–Crippen LogP) is 3.06. The topological polar surface area (TPSA) is 75.3 Å². The molecule has 1 saturated carbocycles. The van der Waals surface area contributed by atoms with Gasteiger partial charge in [-0.3, -0.25) is 14.4 Å². The van der Waals surface area contributed by atoms with E-state index in [9.17, 15) is 14.4 Å². The van der Waals surface area contributed by atoms with Gasteiger partial charge in [-0.25, -0.2) is 0 Å². The van der Waals surface area contributed by atoms with E-state index in [4.69, 9.17) is 0 Å². The number of Topliss-reactive ketones (excluding diaryl/α,β-unsaturated/α-hetero) is 1. The summed E-state index contributed by atoms with van der Waals surface area (Å²) in [4.78, 5) is 35.8. The second-order valence-electron chi connectivity index (χ2n) is 7.02. The maximum absolute atomic E-state index is 12.2. The first kappa shape index (κ1) is 18.8. The van der Waals surface area contributed by atoms with Gasteiger partial charge in [0.05, 0.1) is 5.92 Å². The van der Waals surface area contributed by atoms with Crippen molar-refractivity contribution in [1.82, 2.24) is 10.6 Å². The Labute approximate surface area is 159 Å². The van der Waals surface area contributed by atoms with E-state index in [1.165, 1.54) is 0 Å². The average Bonchev–Trinajstić information content (AvgIpc) is 3.56. The predicted molar refractivity (Wildman–Crippen MR) is 104 cm³/mol. The van der Waals surface area contributed by atoms with Crippen molar-refractivity contribution >= 4 is 17.6 Å². The van der Waals surface area contributed by atoms with Crippen molar-refractivity contribution in [2.45, 2.75) is 19.8 Å². The van der Waals surface area contributed by atoms with Crippen molar-refractivity contribution < 1.29 is 14.4 Å². The Balaban J connectivity index is 1.61. The molecular weight excluding hydrogens is 340 g/mol. The molecule has 5 heteroatoms. The van der Waals surface area contributed by atoms with Crippen LogP contribution < -0.4 is 10.6 Å². The first-order chi connectivity index (χ1) is 13.0. The van der Waals surface area contributed by atoms with E-state index in [1.807, 2.05) is 36.4 Å². The third-order valence-corrected chi connectivity index (χ3v) is 4.86. The van der Waals surface area contributed by atoms with Gasteiger partial charge in [0.1, 0.15) is 0 Å². The lowest BCUT2D eigenvalue weighted by Gasteiger charge is -2.11. The molecule has 3 rings (SSSR count). The Morgan fingerprint density at radius 1 is 0.926 bits per heavy atom. The monoisotopic (exact) mass is 364 g/mol. The molecule has 2 aromatic carbocycles. The van der Waals surface area contributed by atoms with Crippen LogP contribution in [-0.4, -0.2) is 31.2 Å². The van der Waals surface area contributed by atoms with E-state index in [1.54, 1.807) is 26.1 Å². The Bertz CT molecular complexity index is 837. The Hall–Kier alpha value is -2.95. The van der Waals surface area contributed by atoms with Gasteiger partial charge in [-0.1, -0.05) is 43.3 Å². The molecule has 0 aliphatic heterocycles. The molecule has 2 aromatic rings. The average molecular weight is 364 g/mol. The first-order valence-corrected chi connectivity index (χ1v) is 9.24. The van der Waals surface area contributed by atoms with Crippen molar-refractivity contribution in [3.8, 4) is 11.1 Å². The highest BCUT2D eigenvalue weighted by Crippen LogP contribution is 2.33. The minimum Gasteiger partial charge on any atom is -0.359 e. The molecule has 27 heavy (non-hydrogen) atoms. The summed E-state index contributed by atoms with van der Waals surface area (Å²) in [5.41, 5.74) is 3.30. The number of ketones is 1. The number of hydrogen-bond donors (Lipinski definition) is 2. The number of benzene rings is 2. The van der Waals surface area contributed by atoms with Crippen LogP contribution in [0.5, 0.6) is 0 Å². The fourth-order valence-electron chi connectivity index (χ4n) is 2.91. The molecule has 1 fully saturated rings. The Morgan fingerprint density at radius 3 is 1.93 bits per heavy atom. The molecule has 0 aromatic heterocycles. The molecule has 5 nitrogen and oxygen atoms in total. The van der Waals surface area contributed by atoms with Crippen LogP contribution in [0.2, 0.25) is 0 Å². The Kier molecular flexibility index (Phi) is 5.69. The van der Waals surface area contributed by atoms with Crippen molar-refractivity contribution in [2.75, 3.05) is 13.6 Å². The summed E-state index contributed by atoms with van der Waals surface area (Å²) < 4.78 is 0. The van der Waals surface area contributed by atoms with E-state index in [0.29, 0.717) is 5.56 Å². The maximum Gasteiger partial charge on any atom is 0.251 e. The molecule has 0 radical (unpaired) electrons. The third-order valence-electron chi connectivity index (χ3n) is 4.86. The summed E-state index contributed by atoms with van der Waals surface area (Å²) in [6.45, 7) is 2.05. The minimum atomic E-state index is -0.282. The number of carbonyl (C=O) groups excluding carboxylic acids is 3. The molecule has 0 spiro atoms. The van der Waals surface area contributed by atoms with Crippen LogP contribution >= 0.6 is 0 Å². The van der Waals surface area contributed by atoms with Gasteiger partial charge in [-0.15, -0.1) is 0 Å². The summed E-state index contributed by atoms with van der Waals surface area (Å²) in [6.07, 6.45) is 2.01. The number of hydrogen-bond acceptors (Lipinski definition) is 3. The zero-order valence-corrected chi connectivity index (χ0v) is 15.6. The highest BCUT2D eigenvalue weighted by atomic mass is 16.2. The smallest absolute Gasteiger partial charge is 0.251 e. The van der Waals surface area contributed by atoms with Crippen LogP contribution in [-0.2, 0) is 4.79 Å². The second-order valence-corrected chi connectivity index (χ2v) is 7.02. The van der Waals surface area contributed by atoms with Gasteiger partial charge in [0.15, 0.2) is 5.78 Å². The fourth-order valence-corrected chi connectivity index (χ4v) is 2.91. The Morgan fingerprint density at radius 2 is 1.44 bits per heavy atom. The zero-order valence-electron chi connectivity index (χ0n) is 15.6. The molecule has 2 N–H and O–H groups in total. The summed E-state index contributed by atoms with van der Waals surface area (Å²) in [5, 5.41) is 5.34. The third kappa shape index (κ3) is 4.61. The van der Waals surface area contributed by atoms with Crippen molar-refractivity contribution in [1.29, 1.82) is 0 Å². The zero-order chi connectivity index (χ0) is 19.4. The lowest BCUT2D eigenvalue weighted by atomic mass is 10.00. The van der Waals surface area contributed by atoms with Gasteiger partial charge in [0.2, 0.25) is 5.91 Å². The van der Waals surface area contributed by atoms with Gasteiger partial charge >= 0.3 is 0 Å². The molecule has 0 unspecified atom stereocenters. The van der Waals surface area contributed by atoms with Crippen molar-refractivity contribution in [3.63, 3.8) is 0 Å². The van der Waals surface area contributed by atoms with E-state index in [-0.39, 0.29) is 36.0 Å². The highest BCUT2D eigenvalue weighted by molar-refractivity contribution is 5.99. The summed E-state index contributed by atoms with van der Waals surface area (Å²) >= 11 is 0. The van der Waals surface area contributed by atoms with E-state index in [2.05, 4.69) is 10.6 Å². The lowest BCUT2D eigenvalue weighted by molar-refractivity contribution is -0.123. The molecule has 1 aliphatic carbocycles. The number of rotatable bonds is 7. The highest BCUT2D eigenvalue weighted by Gasteiger charge is 2.30. The van der Waals surface area contributed by atoms with Crippen LogP contribution in [0, 0.1) is 11.8 Å². The number of carbonyl (C=O) groups is 3. The number of nitrogens with one attached hydrogen (secondary N) is 2. The van der Waals surface area contributed by atoms with E-state index >= 15 is 0 Å². The molecule has 1 aliphatic rings. The maximum atomic E-state index is 12.2.